The number of amides is 2. The maximum absolute atomic E-state index is 12.8. The number of nitrogens with zero attached hydrogens (tertiary/aromatic N) is 2. The molecule has 4 rings (SSSR count). The van der Waals surface area contributed by atoms with E-state index in [1.165, 1.54) is 17.7 Å². The number of nitrogens with one attached hydrogen (secondary N) is 1. The first-order valence-electron chi connectivity index (χ1n) is 8.58. The van der Waals surface area contributed by atoms with Gasteiger partial charge in [0, 0.05) is 29.8 Å². The molecular formula is C19H19N3O4. The molecule has 2 amide bonds. The maximum atomic E-state index is 12.8. The molecule has 2 aromatic rings. The third kappa shape index (κ3) is 2.47. The molecule has 1 N–H and O–H groups in total. The lowest BCUT2D eigenvalue weighted by Gasteiger charge is -2.50. The van der Waals surface area contributed by atoms with Gasteiger partial charge in [0.05, 0.1) is 11.0 Å². The number of non-ortho nitro benzene ring substituents is 1. The average Bonchev–Trinajstić information content (AvgIpc) is 2.61. The Labute approximate surface area is 150 Å². The largest absolute Gasteiger partial charge is 0.467 e. The molecule has 0 unspecified atom stereocenters. The Balaban J connectivity index is 1.74. The second-order valence-corrected chi connectivity index (χ2v) is 6.82. The van der Waals surface area contributed by atoms with Gasteiger partial charge >= 0.3 is 6.03 Å². The smallest absolute Gasteiger partial charge is 0.325 e. The summed E-state index contributed by atoms with van der Waals surface area (Å²) in [5.41, 5.74) is 1.72. The van der Waals surface area contributed by atoms with Crippen molar-refractivity contribution in [3.63, 3.8) is 0 Å². The molecule has 0 aromatic heterocycles. The number of benzene rings is 2. The molecule has 26 heavy (non-hydrogen) atoms. The first-order valence-corrected chi connectivity index (χ1v) is 8.58. The third-order valence-corrected chi connectivity index (χ3v) is 5.07. The standard InChI is InChI=1S/C19H19N3O4/c1-3-12-4-6-13(7-5-12)21-18(23)20-16-11-19(21,2)26-17-9-8-14(22(24)25)10-15(16)17/h4-10,16H,3,11H2,1-2H3,(H,20,23)/t16-,19+/m1/s1. The van der Waals surface area contributed by atoms with E-state index in [2.05, 4.69) is 12.2 Å². The van der Waals surface area contributed by atoms with Crippen molar-refractivity contribution < 1.29 is 14.5 Å². The molecule has 1 saturated heterocycles. The van der Waals surface area contributed by atoms with E-state index in [9.17, 15) is 14.9 Å². The molecule has 7 nitrogen and oxygen atoms in total. The van der Waals surface area contributed by atoms with Gasteiger partial charge in [-0.3, -0.25) is 15.0 Å². The lowest BCUT2D eigenvalue weighted by atomic mass is 9.90. The van der Waals surface area contributed by atoms with Gasteiger partial charge in [0.25, 0.3) is 5.69 Å². The van der Waals surface area contributed by atoms with Crippen LogP contribution in [0.4, 0.5) is 16.2 Å². The van der Waals surface area contributed by atoms with Gasteiger partial charge in [0.2, 0.25) is 0 Å². The zero-order valence-corrected chi connectivity index (χ0v) is 14.6. The van der Waals surface area contributed by atoms with Crippen LogP contribution >= 0.6 is 0 Å². The van der Waals surface area contributed by atoms with Gasteiger partial charge in [-0.1, -0.05) is 19.1 Å². The van der Waals surface area contributed by atoms with E-state index in [1.54, 1.807) is 11.0 Å². The number of carbonyl (C=O) groups excluding carboxylic acids is 1. The fourth-order valence-corrected chi connectivity index (χ4v) is 3.75. The van der Waals surface area contributed by atoms with Crippen LogP contribution in [0, 0.1) is 10.1 Å². The molecule has 2 aliphatic rings. The highest BCUT2D eigenvalue weighted by atomic mass is 16.6. The number of hydrogen-bond donors (Lipinski definition) is 1. The van der Waals surface area contributed by atoms with Crippen molar-refractivity contribution in [1.82, 2.24) is 5.32 Å². The van der Waals surface area contributed by atoms with Gasteiger partial charge in [-0.25, -0.2) is 4.79 Å². The number of nitro groups is 1. The zero-order valence-electron chi connectivity index (χ0n) is 14.6. The Morgan fingerprint density at radius 2 is 2.04 bits per heavy atom. The predicted molar refractivity (Wildman–Crippen MR) is 96.3 cm³/mol. The summed E-state index contributed by atoms with van der Waals surface area (Å²) in [6.07, 6.45) is 1.43. The number of fused-ring (bicyclic) bond motifs is 4. The molecule has 1 fully saturated rings. The number of nitro benzene ring substituents is 1. The van der Waals surface area contributed by atoms with Crippen molar-refractivity contribution in [3.05, 3.63) is 63.7 Å². The van der Waals surface area contributed by atoms with Crippen LogP contribution in [0.1, 0.15) is 37.4 Å². The minimum Gasteiger partial charge on any atom is -0.467 e. The quantitative estimate of drug-likeness (QED) is 0.669. The zero-order chi connectivity index (χ0) is 18.5. The molecule has 7 heteroatoms. The lowest BCUT2D eigenvalue weighted by Crippen LogP contribution is -2.65. The molecule has 0 radical (unpaired) electrons. The number of urea groups is 1. The predicted octanol–water partition coefficient (Wildman–Crippen LogP) is 3.93. The molecule has 0 aliphatic carbocycles. The monoisotopic (exact) mass is 353 g/mol. The highest BCUT2D eigenvalue weighted by molar-refractivity contribution is 5.95. The average molecular weight is 353 g/mol. The van der Waals surface area contributed by atoms with Crippen molar-refractivity contribution in [1.29, 1.82) is 0 Å². The Morgan fingerprint density at radius 1 is 1.31 bits per heavy atom. The van der Waals surface area contributed by atoms with Crippen LogP contribution in [-0.4, -0.2) is 16.7 Å². The molecule has 2 heterocycles. The molecule has 0 spiro atoms. The van der Waals surface area contributed by atoms with Crippen LogP contribution in [0.2, 0.25) is 0 Å². The summed E-state index contributed by atoms with van der Waals surface area (Å²) in [7, 11) is 0. The minimum absolute atomic E-state index is 0.0113. The normalized spacial score (nSPS) is 23.7. The minimum atomic E-state index is -0.857. The Bertz CT molecular complexity index is 896. The van der Waals surface area contributed by atoms with Crippen molar-refractivity contribution in [2.75, 3.05) is 4.90 Å². The number of carbonyl (C=O) groups is 1. The van der Waals surface area contributed by atoms with Crippen molar-refractivity contribution in [2.45, 2.75) is 38.5 Å². The Hall–Kier alpha value is -3.09. The van der Waals surface area contributed by atoms with Crippen LogP contribution < -0.4 is 15.0 Å². The number of rotatable bonds is 3. The van der Waals surface area contributed by atoms with Gasteiger partial charge in [-0.05, 0) is 37.1 Å². The second-order valence-electron chi connectivity index (χ2n) is 6.82. The van der Waals surface area contributed by atoms with Gasteiger partial charge < -0.3 is 10.1 Å². The fourth-order valence-electron chi connectivity index (χ4n) is 3.75. The van der Waals surface area contributed by atoms with E-state index in [1.807, 2.05) is 31.2 Å². The van der Waals surface area contributed by atoms with E-state index in [-0.39, 0.29) is 17.8 Å². The van der Waals surface area contributed by atoms with E-state index >= 15 is 0 Å². The van der Waals surface area contributed by atoms with Crippen LogP contribution in [0.5, 0.6) is 5.75 Å². The summed E-state index contributed by atoms with van der Waals surface area (Å²) in [6, 6.07) is 11.7. The van der Waals surface area contributed by atoms with E-state index in [0.717, 1.165) is 12.1 Å². The number of aryl methyl sites for hydroxylation is 1. The van der Waals surface area contributed by atoms with Crippen molar-refractivity contribution >= 4 is 17.4 Å². The van der Waals surface area contributed by atoms with Gasteiger partial charge in [-0.2, -0.15) is 0 Å². The first kappa shape index (κ1) is 16.4. The Kier molecular flexibility index (Phi) is 3.61. The van der Waals surface area contributed by atoms with Gasteiger partial charge in [0.1, 0.15) is 5.75 Å². The first-order chi connectivity index (χ1) is 12.4. The molecule has 2 atom stereocenters. The fraction of sp³-hybridized carbons (Fsp3) is 0.316. The summed E-state index contributed by atoms with van der Waals surface area (Å²) < 4.78 is 6.16. The van der Waals surface area contributed by atoms with Crippen molar-refractivity contribution in [2.24, 2.45) is 0 Å². The third-order valence-electron chi connectivity index (χ3n) is 5.07. The van der Waals surface area contributed by atoms with Gasteiger partial charge in [0.15, 0.2) is 5.72 Å². The molecular weight excluding hydrogens is 334 g/mol. The summed E-state index contributed by atoms with van der Waals surface area (Å²) in [5.74, 6) is 0.560. The molecule has 2 bridgehead atoms. The molecule has 0 saturated carbocycles. The van der Waals surface area contributed by atoms with Crippen LogP contribution in [-0.2, 0) is 6.42 Å². The number of ether oxygens (including phenoxy) is 1. The lowest BCUT2D eigenvalue weighted by molar-refractivity contribution is -0.385. The highest BCUT2D eigenvalue weighted by Gasteiger charge is 2.50. The topological polar surface area (TPSA) is 84.7 Å². The molecule has 2 aliphatic heterocycles. The van der Waals surface area contributed by atoms with Crippen molar-refractivity contribution in [3.8, 4) is 5.75 Å². The molecule has 134 valence electrons. The van der Waals surface area contributed by atoms with E-state index in [4.69, 9.17) is 4.74 Å². The SMILES string of the molecule is CCc1ccc(N2C(=O)N[C@@H]3C[C@]2(C)Oc2ccc([N+](=O)[O-])cc23)cc1. The van der Waals surface area contributed by atoms with Gasteiger partial charge in [-0.15, -0.1) is 0 Å². The molecule has 2 aromatic carbocycles. The Morgan fingerprint density at radius 3 is 2.69 bits per heavy atom. The maximum Gasteiger partial charge on any atom is 0.325 e. The van der Waals surface area contributed by atoms with E-state index < -0.39 is 10.6 Å². The van der Waals surface area contributed by atoms with Crippen LogP contribution in [0.25, 0.3) is 0 Å². The summed E-state index contributed by atoms with van der Waals surface area (Å²) in [4.78, 5) is 25.0. The summed E-state index contributed by atoms with van der Waals surface area (Å²) in [5, 5.41) is 14.0. The number of hydrogen-bond acceptors (Lipinski definition) is 4. The number of anilines is 1. The van der Waals surface area contributed by atoms with Crippen LogP contribution in [0.3, 0.4) is 0 Å². The summed E-state index contributed by atoms with van der Waals surface area (Å²) >= 11 is 0. The summed E-state index contributed by atoms with van der Waals surface area (Å²) in [6.45, 7) is 3.95. The van der Waals surface area contributed by atoms with E-state index in [0.29, 0.717) is 17.7 Å². The highest BCUT2D eigenvalue weighted by Crippen LogP contribution is 2.46. The second kappa shape index (κ2) is 5.72. The van der Waals surface area contributed by atoms with Crippen LogP contribution in [0.15, 0.2) is 42.5 Å².